The first-order valence-corrected chi connectivity index (χ1v) is 12.6. The second-order valence-electron chi connectivity index (χ2n) is 10.8. The minimum absolute atomic E-state index is 0.0409. The van der Waals surface area contributed by atoms with Crippen molar-refractivity contribution in [2.24, 2.45) is 4.99 Å². The van der Waals surface area contributed by atoms with Gasteiger partial charge in [-0.1, -0.05) is 11.6 Å². The van der Waals surface area contributed by atoms with Crippen molar-refractivity contribution in [3.63, 3.8) is 0 Å². The number of amides is 1. The van der Waals surface area contributed by atoms with Crippen molar-refractivity contribution in [2.45, 2.75) is 70.1 Å². The van der Waals surface area contributed by atoms with Gasteiger partial charge in [0.05, 0.1) is 11.1 Å². The summed E-state index contributed by atoms with van der Waals surface area (Å²) in [6.45, 7) is 7.18. The molecule has 5 rings (SSSR count). The van der Waals surface area contributed by atoms with E-state index in [4.69, 9.17) is 21.1 Å². The molecule has 10 heteroatoms. The fourth-order valence-corrected chi connectivity index (χ4v) is 5.05. The molecule has 1 aliphatic carbocycles. The summed E-state index contributed by atoms with van der Waals surface area (Å²) < 4.78 is 26.8. The van der Waals surface area contributed by atoms with Gasteiger partial charge in [0.15, 0.2) is 0 Å². The van der Waals surface area contributed by atoms with E-state index in [1.165, 1.54) is 12.4 Å². The van der Waals surface area contributed by atoms with Gasteiger partial charge in [-0.05, 0) is 83.4 Å². The van der Waals surface area contributed by atoms with Crippen molar-refractivity contribution >= 4 is 46.1 Å². The number of benzene rings is 2. The van der Waals surface area contributed by atoms with Crippen LogP contribution in [-0.2, 0) is 15.0 Å². The van der Waals surface area contributed by atoms with Gasteiger partial charge >= 0.3 is 6.09 Å². The molecular formula is C27H29ClFN5O3. The molecule has 1 atom stereocenters. The number of halogens is 2. The predicted octanol–water partition coefficient (Wildman–Crippen LogP) is 6.60. The van der Waals surface area contributed by atoms with E-state index in [9.17, 15) is 4.79 Å². The summed E-state index contributed by atoms with van der Waals surface area (Å²) in [6, 6.07) is 10.2. The number of fused-ring (bicyclic) bond motifs is 1. The van der Waals surface area contributed by atoms with Crippen LogP contribution in [0.5, 0.6) is 0 Å². The van der Waals surface area contributed by atoms with E-state index in [0.717, 1.165) is 24.6 Å². The Bertz CT molecular complexity index is 1400. The van der Waals surface area contributed by atoms with Crippen LogP contribution >= 0.6 is 11.6 Å². The number of carbonyl (C=O) groups excluding carboxylic acids is 1. The molecule has 37 heavy (non-hydrogen) atoms. The monoisotopic (exact) mass is 525 g/mol. The molecule has 0 radical (unpaired) electrons. The van der Waals surface area contributed by atoms with Crippen LogP contribution in [0.1, 0.15) is 58.9 Å². The zero-order valence-electron chi connectivity index (χ0n) is 21.2. The quantitative estimate of drug-likeness (QED) is 0.399. The highest BCUT2D eigenvalue weighted by molar-refractivity contribution is 6.31. The van der Waals surface area contributed by atoms with E-state index >= 15 is 4.39 Å². The molecule has 1 aromatic heterocycles. The lowest BCUT2D eigenvalue weighted by Crippen LogP contribution is -2.54. The molecule has 1 aliphatic heterocycles. The fraction of sp³-hybridized carbons (Fsp3) is 0.407. The first kappa shape index (κ1) is 25.2. The summed E-state index contributed by atoms with van der Waals surface area (Å²) in [7, 11) is 0. The van der Waals surface area contributed by atoms with Gasteiger partial charge in [-0.25, -0.2) is 29.5 Å². The molecular weight excluding hydrogens is 497 g/mol. The Morgan fingerprint density at radius 1 is 1.16 bits per heavy atom. The van der Waals surface area contributed by atoms with Crippen molar-refractivity contribution in [3.05, 3.63) is 59.1 Å². The standard InChI is InChI=1S/C27H29ClFN5O3/c1-25(2,3)37-24(35)33-23-34-26(4,14-27(36-23)10-5-11-27)19-13-17(7-9-20(19)29)32-22-18-8-6-16(28)12-21(18)30-15-31-22/h6-9,12-13,15H,5,10-11,14H2,1-4H3,(H,30,31,32)(H,33,34,35). The second kappa shape index (κ2) is 9.13. The minimum atomic E-state index is -0.980. The third-order valence-corrected chi connectivity index (χ3v) is 6.84. The Morgan fingerprint density at radius 3 is 2.65 bits per heavy atom. The number of nitrogens with one attached hydrogen (secondary N) is 2. The molecule has 1 saturated carbocycles. The molecule has 0 saturated heterocycles. The van der Waals surface area contributed by atoms with Crippen LogP contribution in [-0.4, -0.2) is 33.3 Å². The van der Waals surface area contributed by atoms with Gasteiger partial charge in [0, 0.05) is 28.1 Å². The van der Waals surface area contributed by atoms with Crippen LogP contribution in [0.3, 0.4) is 0 Å². The molecule has 2 heterocycles. The third-order valence-electron chi connectivity index (χ3n) is 6.61. The highest BCUT2D eigenvalue weighted by Gasteiger charge is 2.51. The largest absolute Gasteiger partial charge is 0.458 e. The molecule has 1 fully saturated rings. The maximum atomic E-state index is 15.3. The molecule has 2 N–H and O–H groups in total. The van der Waals surface area contributed by atoms with E-state index < -0.39 is 28.7 Å². The summed E-state index contributed by atoms with van der Waals surface area (Å²) in [6.07, 6.45) is 3.85. The van der Waals surface area contributed by atoms with Gasteiger partial charge in [0.2, 0.25) is 0 Å². The fourth-order valence-electron chi connectivity index (χ4n) is 4.89. The zero-order chi connectivity index (χ0) is 26.4. The van der Waals surface area contributed by atoms with Crippen molar-refractivity contribution in [1.29, 1.82) is 0 Å². The van der Waals surface area contributed by atoms with Crippen LogP contribution in [0.4, 0.5) is 20.7 Å². The molecule has 2 aromatic carbocycles. The molecule has 8 nitrogen and oxygen atoms in total. The average molecular weight is 526 g/mol. The van der Waals surface area contributed by atoms with Gasteiger partial charge < -0.3 is 14.8 Å². The second-order valence-corrected chi connectivity index (χ2v) is 11.3. The third kappa shape index (κ3) is 5.32. The minimum Gasteiger partial charge on any atom is -0.458 e. The lowest BCUT2D eigenvalue weighted by Gasteiger charge is -2.49. The van der Waals surface area contributed by atoms with Crippen LogP contribution in [0.25, 0.3) is 10.9 Å². The lowest BCUT2D eigenvalue weighted by molar-refractivity contribution is -0.0611. The van der Waals surface area contributed by atoms with Crippen LogP contribution in [0.2, 0.25) is 5.02 Å². The van der Waals surface area contributed by atoms with Crippen molar-refractivity contribution in [3.8, 4) is 0 Å². The predicted molar refractivity (Wildman–Crippen MR) is 141 cm³/mol. The number of hydrogen-bond donors (Lipinski definition) is 2. The maximum Gasteiger partial charge on any atom is 0.415 e. The Labute approximate surface area is 219 Å². The molecule has 1 spiro atoms. The number of ether oxygens (including phenoxy) is 2. The first-order chi connectivity index (χ1) is 17.4. The summed E-state index contributed by atoms with van der Waals surface area (Å²) in [5.74, 6) is 0.173. The molecule has 3 aromatic rings. The molecule has 0 bridgehead atoms. The van der Waals surface area contributed by atoms with Crippen molar-refractivity contribution < 1.29 is 18.7 Å². The number of aliphatic imine (C=N–C) groups is 1. The molecule has 194 valence electrons. The molecule has 1 unspecified atom stereocenters. The Balaban J connectivity index is 1.48. The van der Waals surface area contributed by atoms with E-state index in [-0.39, 0.29) is 6.02 Å². The van der Waals surface area contributed by atoms with Gasteiger partial charge in [-0.15, -0.1) is 0 Å². The number of anilines is 2. The van der Waals surface area contributed by atoms with E-state index in [2.05, 4.69) is 25.6 Å². The number of rotatable bonds is 3. The Morgan fingerprint density at radius 2 is 1.95 bits per heavy atom. The van der Waals surface area contributed by atoms with E-state index in [0.29, 0.717) is 34.0 Å². The van der Waals surface area contributed by atoms with Gasteiger partial charge in [-0.2, -0.15) is 0 Å². The number of aromatic nitrogens is 2. The number of amidine groups is 1. The van der Waals surface area contributed by atoms with Gasteiger partial charge in [0.25, 0.3) is 6.02 Å². The maximum absolute atomic E-state index is 15.3. The first-order valence-electron chi connectivity index (χ1n) is 12.2. The Hall–Kier alpha value is -3.46. The van der Waals surface area contributed by atoms with Crippen LogP contribution in [0, 0.1) is 5.82 Å². The van der Waals surface area contributed by atoms with Crippen molar-refractivity contribution in [2.75, 3.05) is 5.32 Å². The summed E-state index contributed by atoms with van der Waals surface area (Å²) in [5.41, 5.74) is -0.460. The topological polar surface area (TPSA) is 97.7 Å². The van der Waals surface area contributed by atoms with Gasteiger partial charge in [0.1, 0.15) is 29.2 Å². The normalized spacial score (nSPS) is 20.5. The smallest absolute Gasteiger partial charge is 0.415 e. The number of hydrogen-bond acceptors (Lipinski definition) is 7. The SMILES string of the molecule is CC(C)(C)OC(=O)NC1=NC(C)(c2cc(Nc3ncnc4cc(Cl)ccc34)ccc2F)CC2(CCC2)O1. The lowest BCUT2D eigenvalue weighted by atomic mass is 9.69. The highest BCUT2D eigenvalue weighted by atomic mass is 35.5. The van der Waals surface area contributed by atoms with E-state index in [1.54, 1.807) is 45.0 Å². The number of carbonyl (C=O) groups is 1. The average Bonchev–Trinajstić information content (AvgIpc) is 2.77. The van der Waals surface area contributed by atoms with E-state index in [1.807, 2.05) is 13.0 Å². The molecule has 2 aliphatic rings. The Kier molecular flexibility index (Phi) is 6.22. The van der Waals surface area contributed by atoms with Crippen LogP contribution in [0.15, 0.2) is 47.7 Å². The van der Waals surface area contributed by atoms with Crippen LogP contribution < -0.4 is 10.6 Å². The summed E-state index contributed by atoms with van der Waals surface area (Å²) >= 11 is 6.11. The zero-order valence-corrected chi connectivity index (χ0v) is 21.9. The summed E-state index contributed by atoms with van der Waals surface area (Å²) in [5, 5.41) is 7.26. The highest BCUT2D eigenvalue weighted by Crippen LogP contribution is 2.49. The van der Waals surface area contributed by atoms with Crippen molar-refractivity contribution in [1.82, 2.24) is 15.3 Å². The number of alkyl carbamates (subject to hydrolysis) is 1. The van der Waals surface area contributed by atoms with Gasteiger partial charge in [-0.3, -0.25) is 0 Å². The summed E-state index contributed by atoms with van der Waals surface area (Å²) in [4.78, 5) is 25.8. The molecule has 1 amide bonds. The number of nitrogens with zero attached hydrogens (tertiary/aromatic N) is 3.